The monoisotopic (exact) mass is 431 g/mol. The van der Waals surface area contributed by atoms with Gasteiger partial charge in [0.25, 0.3) is 5.56 Å². The molecule has 164 valence electrons. The molecule has 4 rings (SSSR count). The van der Waals surface area contributed by atoms with Gasteiger partial charge in [0.05, 0.1) is 6.61 Å². The number of rotatable bonds is 7. The number of amides is 1. The van der Waals surface area contributed by atoms with Gasteiger partial charge < -0.3 is 14.6 Å². The maximum atomic E-state index is 12.7. The first-order valence-corrected chi connectivity index (χ1v) is 10.4. The van der Waals surface area contributed by atoms with E-state index in [9.17, 15) is 9.59 Å². The highest BCUT2D eigenvalue weighted by Gasteiger charge is 2.16. The van der Waals surface area contributed by atoms with Gasteiger partial charge in [0, 0.05) is 30.1 Å². The van der Waals surface area contributed by atoms with Crippen molar-refractivity contribution in [3.63, 3.8) is 0 Å². The summed E-state index contributed by atoms with van der Waals surface area (Å²) in [5, 5.41) is 7.27. The lowest BCUT2D eigenvalue weighted by molar-refractivity contribution is -0.116. The number of aryl methyl sites for hydroxylation is 2. The van der Waals surface area contributed by atoms with E-state index in [1.54, 1.807) is 18.6 Å². The molecule has 0 aliphatic carbocycles. The van der Waals surface area contributed by atoms with Crippen molar-refractivity contribution >= 4 is 17.4 Å². The highest BCUT2D eigenvalue weighted by molar-refractivity contribution is 5.90. The number of methoxy groups -OCH3 is 1. The molecule has 0 saturated carbocycles. The fourth-order valence-electron chi connectivity index (χ4n) is 3.44. The molecule has 4 aromatic rings. The second-order valence-corrected chi connectivity index (χ2v) is 7.71. The molecule has 0 bridgehead atoms. The molecule has 1 N–H and O–H groups in total. The molecule has 0 atom stereocenters. The SMILES string of the molecule is COCCc1ccc(-c2nc3n(CC(=O)Nc4ccc(C)cc4)c(C)cc(=O)n3n2)cc1. The van der Waals surface area contributed by atoms with Crippen LogP contribution in [0.5, 0.6) is 0 Å². The van der Waals surface area contributed by atoms with E-state index < -0.39 is 0 Å². The van der Waals surface area contributed by atoms with Gasteiger partial charge in [0.15, 0.2) is 5.82 Å². The van der Waals surface area contributed by atoms with Crippen molar-refractivity contribution in [2.75, 3.05) is 19.0 Å². The van der Waals surface area contributed by atoms with Crippen molar-refractivity contribution in [2.45, 2.75) is 26.8 Å². The summed E-state index contributed by atoms with van der Waals surface area (Å²) >= 11 is 0. The van der Waals surface area contributed by atoms with Crippen molar-refractivity contribution < 1.29 is 9.53 Å². The Balaban J connectivity index is 1.63. The molecule has 1 amide bonds. The van der Waals surface area contributed by atoms with Crippen LogP contribution in [0, 0.1) is 13.8 Å². The van der Waals surface area contributed by atoms with Gasteiger partial charge in [-0.25, -0.2) is 0 Å². The molecule has 0 aliphatic heterocycles. The molecular formula is C24H25N5O3. The quantitative estimate of drug-likeness (QED) is 0.486. The first-order chi connectivity index (χ1) is 15.4. The average molecular weight is 431 g/mol. The largest absolute Gasteiger partial charge is 0.384 e. The summed E-state index contributed by atoms with van der Waals surface area (Å²) in [7, 11) is 1.67. The number of hydrogen-bond acceptors (Lipinski definition) is 5. The van der Waals surface area contributed by atoms with Gasteiger partial charge in [0.1, 0.15) is 6.54 Å². The molecule has 2 heterocycles. The van der Waals surface area contributed by atoms with Crippen molar-refractivity contribution in [1.29, 1.82) is 0 Å². The first-order valence-electron chi connectivity index (χ1n) is 10.4. The number of anilines is 1. The highest BCUT2D eigenvalue weighted by Crippen LogP contribution is 2.18. The van der Waals surface area contributed by atoms with Crippen LogP contribution in [0.3, 0.4) is 0 Å². The summed E-state index contributed by atoms with van der Waals surface area (Å²) in [6.07, 6.45) is 0.815. The first kappa shape index (κ1) is 21.5. The van der Waals surface area contributed by atoms with Crippen LogP contribution < -0.4 is 10.9 Å². The smallest absolute Gasteiger partial charge is 0.275 e. The molecule has 0 fully saturated rings. The number of carbonyl (C=O) groups is 1. The van der Waals surface area contributed by atoms with E-state index >= 15 is 0 Å². The van der Waals surface area contributed by atoms with Crippen LogP contribution in [0.4, 0.5) is 5.69 Å². The van der Waals surface area contributed by atoms with Crippen LogP contribution in [0.2, 0.25) is 0 Å². The summed E-state index contributed by atoms with van der Waals surface area (Å²) in [4.78, 5) is 29.8. The second-order valence-electron chi connectivity index (χ2n) is 7.71. The minimum atomic E-state index is -0.289. The fraction of sp³-hybridized carbons (Fsp3) is 0.250. The van der Waals surface area contributed by atoms with E-state index in [1.165, 1.54) is 10.6 Å². The van der Waals surface area contributed by atoms with Crippen molar-refractivity contribution in [1.82, 2.24) is 19.2 Å². The molecule has 32 heavy (non-hydrogen) atoms. The number of hydrogen-bond donors (Lipinski definition) is 1. The number of nitrogens with one attached hydrogen (secondary N) is 1. The number of carbonyl (C=O) groups excluding carboxylic acids is 1. The lowest BCUT2D eigenvalue weighted by atomic mass is 10.1. The Morgan fingerprint density at radius 2 is 1.78 bits per heavy atom. The van der Waals surface area contributed by atoms with Gasteiger partial charge in [-0.3, -0.25) is 9.59 Å². The van der Waals surface area contributed by atoms with Gasteiger partial charge in [-0.05, 0) is 38.0 Å². The molecular weight excluding hydrogens is 406 g/mol. The number of benzene rings is 2. The number of nitrogens with zero attached hydrogens (tertiary/aromatic N) is 4. The number of fused-ring (bicyclic) bond motifs is 1. The van der Waals surface area contributed by atoms with Crippen LogP contribution in [0.25, 0.3) is 17.2 Å². The molecule has 0 unspecified atom stereocenters. The predicted octanol–water partition coefficient (Wildman–Crippen LogP) is 3.00. The van der Waals surface area contributed by atoms with Gasteiger partial charge in [-0.2, -0.15) is 9.50 Å². The topological polar surface area (TPSA) is 90.5 Å². The van der Waals surface area contributed by atoms with Crippen LogP contribution in [-0.4, -0.2) is 38.8 Å². The lowest BCUT2D eigenvalue weighted by Crippen LogP contribution is -2.25. The van der Waals surface area contributed by atoms with Crippen LogP contribution in [0.15, 0.2) is 59.4 Å². The summed E-state index contributed by atoms with van der Waals surface area (Å²) in [5.74, 6) is 0.542. The van der Waals surface area contributed by atoms with Crippen molar-refractivity contribution in [3.05, 3.63) is 81.8 Å². The third kappa shape index (κ3) is 4.60. The van der Waals surface area contributed by atoms with Crippen molar-refractivity contribution in [3.8, 4) is 11.4 Å². The van der Waals surface area contributed by atoms with E-state index in [1.807, 2.05) is 55.5 Å². The maximum absolute atomic E-state index is 12.7. The third-order valence-corrected chi connectivity index (χ3v) is 5.24. The summed E-state index contributed by atoms with van der Waals surface area (Å²) in [5.41, 5.74) is 4.11. The molecule has 8 nitrogen and oxygen atoms in total. The molecule has 0 radical (unpaired) electrons. The van der Waals surface area contributed by atoms with Crippen LogP contribution in [-0.2, 0) is 22.5 Å². The number of ether oxygens (including phenoxy) is 1. The van der Waals surface area contributed by atoms with Crippen LogP contribution in [0.1, 0.15) is 16.8 Å². The van der Waals surface area contributed by atoms with Gasteiger partial charge in [-0.1, -0.05) is 42.0 Å². The van der Waals surface area contributed by atoms with Gasteiger partial charge >= 0.3 is 0 Å². The highest BCUT2D eigenvalue weighted by atomic mass is 16.5. The zero-order valence-corrected chi connectivity index (χ0v) is 18.3. The summed E-state index contributed by atoms with van der Waals surface area (Å²) in [6, 6.07) is 16.9. The predicted molar refractivity (Wildman–Crippen MR) is 123 cm³/mol. The molecule has 0 saturated heterocycles. The normalized spacial score (nSPS) is 11.1. The molecule has 2 aromatic carbocycles. The van der Waals surface area contributed by atoms with Gasteiger partial charge in [0.2, 0.25) is 11.7 Å². The van der Waals surface area contributed by atoms with E-state index in [0.717, 1.165) is 23.1 Å². The molecule has 0 aliphatic rings. The molecule has 0 spiro atoms. The molecule has 2 aromatic heterocycles. The minimum Gasteiger partial charge on any atom is -0.384 e. The Hall–Kier alpha value is -3.78. The van der Waals surface area contributed by atoms with Crippen LogP contribution >= 0.6 is 0 Å². The summed E-state index contributed by atoms with van der Waals surface area (Å²) < 4.78 is 8.04. The third-order valence-electron chi connectivity index (χ3n) is 5.24. The van der Waals surface area contributed by atoms with E-state index in [4.69, 9.17) is 4.74 Å². The zero-order valence-electron chi connectivity index (χ0n) is 18.3. The second kappa shape index (κ2) is 9.15. The maximum Gasteiger partial charge on any atom is 0.275 e. The minimum absolute atomic E-state index is 0.0115. The lowest BCUT2D eigenvalue weighted by Gasteiger charge is -2.11. The zero-order chi connectivity index (χ0) is 22.7. The Kier molecular flexibility index (Phi) is 6.13. The fourth-order valence-corrected chi connectivity index (χ4v) is 3.44. The Bertz CT molecular complexity index is 1300. The number of aromatic nitrogens is 4. The average Bonchev–Trinajstić information content (AvgIpc) is 3.23. The Morgan fingerprint density at radius 1 is 1.06 bits per heavy atom. The van der Waals surface area contributed by atoms with E-state index in [0.29, 0.717) is 29.6 Å². The van der Waals surface area contributed by atoms with E-state index in [-0.39, 0.29) is 18.0 Å². The van der Waals surface area contributed by atoms with Gasteiger partial charge in [-0.15, -0.1) is 5.10 Å². The van der Waals surface area contributed by atoms with Crippen molar-refractivity contribution in [2.24, 2.45) is 0 Å². The molecule has 8 heteroatoms. The Morgan fingerprint density at radius 3 is 2.47 bits per heavy atom. The van der Waals surface area contributed by atoms with E-state index in [2.05, 4.69) is 15.4 Å². The summed E-state index contributed by atoms with van der Waals surface area (Å²) in [6.45, 7) is 4.43. The standard InChI is InChI=1S/C24H25N5O3/c1-16-4-10-20(11-5-16)25-21(30)15-28-17(2)14-22(31)29-24(28)26-23(27-29)19-8-6-18(7-9-19)12-13-32-3/h4-11,14H,12-13,15H2,1-3H3,(H,25,30). The Labute approximate surface area is 185 Å².